The van der Waals surface area contributed by atoms with Gasteiger partial charge < -0.3 is 5.73 Å². The van der Waals surface area contributed by atoms with E-state index in [1.165, 1.54) is 0 Å². The van der Waals surface area contributed by atoms with Crippen molar-refractivity contribution >= 4 is 5.82 Å². The largest absolute Gasteiger partial charge is 0.382 e. The van der Waals surface area contributed by atoms with Crippen LogP contribution in [0, 0.1) is 0 Å². The smallest absolute Gasteiger partial charge is 0.151 e. The summed E-state index contributed by atoms with van der Waals surface area (Å²) in [6, 6.07) is 0.256. The molecule has 0 radical (unpaired) electrons. The van der Waals surface area contributed by atoms with E-state index in [1.54, 1.807) is 0 Å². The molecule has 1 atom stereocenters. The van der Waals surface area contributed by atoms with E-state index in [2.05, 4.69) is 5.10 Å². The first-order chi connectivity index (χ1) is 6.61. The maximum absolute atomic E-state index is 13.6. The summed E-state index contributed by atoms with van der Waals surface area (Å²) in [5, 5.41) is 4.20. The van der Waals surface area contributed by atoms with Gasteiger partial charge in [0.15, 0.2) is 5.82 Å². The number of nitrogen functional groups attached to an aromatic ring is 1. The number of anilines is 1. The summed E-state index contributed by atoms with van der Waals surface area (Å²) in [6.07, 6.45) is 1.47. The van der Waals surface area contributed by atoms with E-state index >= 15 is 0 Å². The van der Waals surface area contributed by atoms with Crippen molar-refractivity contribution in [1.29, 1.82) is 0 Å². The Morgan fingerprint density at radius 3 is 2.93 bits per heavy atom. The average molecular weight is 197 g/mol. The predicted octanol–water partition coefficient (Wildman–Crippen LogP) is 2.39. The van der Waals surface area contributed by atoms with Crippen molar-refractivity contribution in [2.75, 3.05) is 5.73 Å². The molecule has 1 heterocycles. The van der Waals surface area contributed by atoms with Gasteiger partial charge in [-0.2, -0.15) is 5.10 Å². The lowest BCUT2D eigenvalue weighted by atomic mass is 9.95. The summed E-state index contributed by atoms with van der Waals surface area (Å²) in [5.74, 6) is 0.376. The fourth-order valence-corrected chi connectivity index (χ4v) is 2.11. The van der Waals surface area contributed by atoms with Gasteiger partial charge in [-0.1, -0.05) is 0 Å². The minimum Gasteiger partial charge on any atom is -0.382 e. The minimum atomic E-state index is -0.911. The highest BCUT2D eigenvalue weighted by atomic mass is 19.1. The molecule has 0 spiro atoms. The van der Waals surface area contributed by atoms with Crippen molar-refractivity contribution in [3.05, 3.63) is 11.3 Å². The summed E-state index contributed by atoms with van der Waals surface area (Å²) in [6.45, 7) is 4.07. The molecule has 0 saturated heterocycles. The Morgan fingerprint density at radius 1 is 1.57 bits per heavy atom. The molecule has 0 saturated carbocycles. The van der Waals surface area contributed by atoms with Crippen LogP contribution in [0.1, 0.15) is 50.2 Å². The number of rotatable bonds is 1. The molecule has 0 aliphatic heterocycles. The van der Waals surface area contributed by atoms with Gasteiger partial charge in [0, 0.05) is 11.7 Å². The number of nitrogens with zero attached hydrogens (tertiary/aromatic N) is 2. The molecule has 14 heavy (non-hydrogen) atoms. The van der Waals surface area contributed by atoms with Crippen LogP contribution in [0.5, 0.6) is 0 Å². The molecule has 4 heteroatoms. The normalized spacial score (nSPS) is 21.3. The van der Waals surface area contributed by atoms with Crippen LogP contribution in [0.3, 0.4) is 0 Å². The Hall–Kier alpha value is -1.06. The Bertz CT molecular complexity index is 343. The van der Waals surface area contributed by atoms with Crippen LogP contribution >= 0.6 is 0 Å². The second kappa shape index (κ2) is 3.26. The third-order valence-electron chi connectivity index (χ3n) is 2.75. The second-order valence-corrected chi connectivity index (χ2v) is 4.14. The van der Waals surface area contributed by atoms with Crippen LogP contribution in [0.25, 0.3) is 0 Å². The molecule has 1 aliphatic carbocycles. The molecule has 0 aromatic carbocycles. The zero-order valence-electron chi connectivity index (χ0n) is 8.63. The van der Waals surface area contributed by atoms with Crippen molar-refractivity contribution < 1.29 is 4.39 Å². The van der Waals surface area contributed by atoms with E-state index in [4.69, 9.17) is 5.73 Å². The summed E-state index contributed by atoms with van der Waals surface area (Å²) < 4.78 is 15.4. The third kappa shape index (κ3) is 1.29. The summed E-state index contributed by atoms with van der Waals surface area (Å²) in [5.41, 5.74) is 7.36. The Kier molecular flexibility index (Phi) is 2.21. The van der Waals surface area contributed by atoms with Crippen LogP contribution in [-0.2, 0) is 6.42 Å². The van der Waals surface area contributed by atoms with Gasteiger partial charge in [-0.05, 0) is 33.1 Å². The molecule has 0 fully saturated rings. The highest BCUT2D eigenvalue weighted by molar-refractivity contribution is 5.45. The lowest BCUT2D eigenvalue weighted by Crippen LogP contribution is -2.12. The van der Waals surface area contributed by atoms with E-state index < -0.39 is 6.17 Å². The van der Waals surface area contributed by atoms with Crippen LogP contribution in [-0.4, -0.2) is 9.78 Å². The maximum atomic E-state index is 13.6. The summed E-state index contributed by atoms with van der Waals surface area (Å²) >= 11 is 0. The highest BCUT2D eigenvalue weighted by Crippen LogP contribution is 2.37. The predicted molar refractivity (Wildman–Crippen MR) is 53.8 cm³/mol. The van der Waals surface area contributed by atoms with Crippen molar-refractivity contribution in [2.45, 2.75) is 45.3 Å². The molecule has 0 amide bonds. The molecule has 1 aliphatic rings. The molecule has 1 unspecified atom stereocenters. The molecule has 2 rings (SSSR count). The topological polar surface area (TPSA) is 43.8 Å². The molecular weight excluding hydrogens is 181 g/mol. The number of alkyl halides is 1. The number of nitrogens with two attached hydrogens (primary N) is 1. The second-order valence-electron chi connectivity index (χ2n) is 4.14. The first-order valence-electron chi connectivity index (χ1n) is 5.12. The number of hydrogen-bond acceptors (Lipinski definition) is 2. The van der Waals surface area contributed by atoms with Crippen LogP contribution < -0.4 is 5.73 Å². The van der Waals surface area contributed by atoms with Crippen molar-refractivity contribution in [1.82, 2.24) is 9.78 Å². The van der Waals surface area contributed by atoms with Gasteiger partial charge in [-0.25, -0.2) is 4.39 Å². The van der Waals surface area contributed by atoms with Gasteiger partial charge in [0.1, 0.15) is 6.17 Å². The maximum Gasteiger partial charge on any atom is 0.151 e. The quantitative estimate of drug-likeness (QED) is 0.751. The number of fused-ring (bicyclic) bond motifs is 1. The van der Waals surface area contributed by atoms with E-state index in [0.29, 0.717) is 17.8 Å². The van der Waals surface area contributed by atoms with Crippen LogP contribution in [0.4, 0.5) is 10.2 Å². The molecule has 78 valence electrons. The zero-order valence-corrected chi connectivity index (χ0v) is 8.63. The average Bonchev–Trinajstić information content (AvgIpc) is 2.45. The van der Waals surface area contributed by atoms with Gasteiger partial charge in [0.2, 0.25) is 0 Å². The van der Waals surface area contributed by atoms with Crippen molar-refractivity contribution in [3.8, 4) is 0 Å². The molecule has 2 N–H and O–H groups in total. The van der Waals surface area contributed by atoms with E-state index in [1.807, 2.05) is 18.5 Å². The summed E-state index contributed by atoms with van der Waals surface area (Å²) in [7, 11) is 0. The van der Waals surface area contributed by atoms with E-state index in [-0.39, 0.29) is 6.04 Å². The Balaban J connectivity index is 2.52. The monoisotopic (exact) mass is 197 g/mol. The fourth-order valence-electron chi connectivity index (χ4n) is 2.11. The van der Waals surface area contributed by atoms with Crippen LogP contribution in [0.2, 0.25) is 0 Å². The van der Waals surface area contributed by atoms with Crippen LogP contribution in [0.15, 0.2) is 0 Å². The SMILES string of the molecule is CC(C)n1nc(N)c2c1CCCC2F. The van der Waals surface area contributed by atoms with E-state index in [9.17, 15) is 4.39 Å². The molecule has 1 aromatic heterocycles. The molecular formula is C10H16FN3. The highest BCUT2D eigenvalue weighted by Gasteiger charge is 2.27. The van der Waals surface area contributed by atoms with E-state index in [0.717, 1.165) is 18.5 Å². The third-order valence-corrected chi connectivity index (χ3v) is 2.75. The fraction of sp³-hybridized carbons (Fsp3) is 0.700. The van der Waals surface area contributed by atoms with Gasteiger partial charge >= 0.3 is 0 Å². The lowest BCUT2D eigenvalue weighted by Gasteiger charge is -2.18. The van der Waals surface area contributed by atoms with Crippen molar-refractivity contribution in [2.24, 2.45) is 0 Å². The molecule has 3 nitrogen and oxygen atoms in total. The number of hydrogen-bond donors (Lipinski definition) is 1. The molecule has 1 aromatic rings. The molecule has 0 bridgehead atoms. The van der Waals surface area contributed by atoms with Gasteiger partial charge in [-0.3, -0.25) is 4.68 Å². The Labute approximate surface area is 83.1 Å². The first-order valence-corrected chi connectivity index (χ1v) is 5.12. The first kappa shape index (κ1) is 9.49. The van der Waals surface area contributed by atoms with Gasteiger partial charge in [0.05, 0.1) is 5.56 Å². The zero-order chi connectivity index (χ0) is 10.3. The standard InChI is InChI=1S/C10H16FN3/c1-6(2)14-8-5-3-4-7(11)9(8)10(12)13-14/h6-7H,3-5H2,1-2H3,(H2,12,13). The van der Waals surface area contributed by atoms with Crippen molar-refractivity contribution in [3.63, 3.8) is 0 Å². The number of aromatic nitrogens is 2. The number of halogens is 1. The summed E-state index contributed by atoms with van der Waals surface area (Å²) in [4.78, 5) is 0. The van der Waals surface area contributed by atoms with Gasteiger partial charge in [-0.15, -0.1) is 0 Å². The Morgan fingerprint density at radius 2 is 2.29 bits per heavy atom. The minimum absolute atomic E-state index is 0.256. The lowest BCUT2D eigenvalue weighted by molar-refractivity contribution is 0.299. The van der Waals surface area contributed by atoms with Gasteiger partial charge in [0.25, 0.3) is 0 Å².